The van der Waals surface area contributed by atoms with Crippen LogP contribution in [0.15, 0.2) is 11.8 Å². The van der Waals surface area contributed by atoms with E-state index in [9.17, 15) is 9.59 Å². The van der Waals surface area contributed by atoms with Gasteiger partial charge in [-0.3, -0.25) is 9.59 Å². The summed E-state index contributed by atoms with van der Waals surface area (Å²) in [6.07, 6.45) is 1.08. The van der Waals surface area contributed by atoms with Crippen LogP contribution in [0.4, 0.5) is 0 Å². The second-order valence-electron chi connectivity index (χ2n) is 3.15. The van der Waals surface area contributed by atoms with Crippen molar-refractivity contribution >= 4 is 11.9 Å². The van der Waals surface area contributed by atoms with Crippen LogP contribution in [0.5, 0.6) is 0 Å². The minimum atomic E-state index is -1.07. The Bertz CT molecular complexity index is 346. The van der Waals surface area contributed by atoms with Crippen LogP contribution in [0, 0.1) is 11.3 Å². The van der Waals surface area contributed by atoms with Gasteiger partial charge in [-0.05, 0) is 6.92 Å². The van der Waals surface area contributed by atoms with E-state index in [0.717, 1.165) is 6.20 Å². The third-order valence-electron chi connectivity index (χ3n) is 1.80. The summed E-state index contributed by atoms with van der Waals surface area (Å²) in [5, 5.41) is 22.2. The Morgan fingerprint density at radius 3 is 2.71 bits per heavy atom. The molecule has 0 spiro atoms. The molecule has 1 atom stereocenters. The molecule has 0 aromatic carbocycles. The standard InChI is InChI=1S/C10H15N3O4/c1-7(10(15)16)13-6-8(5-11)9(14)12-3-4-17-2/h6-7,13H,3-4H2,1-2H3,(H,12,14)(H,15,16)/b8-6-. The first kappa shape index (κ1) is 14.9. The highest BCUT2D eigenvalue weighted by atomic mass is 16.5. The van der Waals surface area contributed by atoms with E-state index in [4.69, 9.17) is 15.1 Å². The van der Waals surface area contributed by atoms with Gasteiger partial charge in [0.15, 0.2) is 0 Å². The maximum Gasteiger partial charge on any atom is 0.325 e. The first-order chi connectivity index (χ1) is 8.02. The molecule has 0 aromatic heterocycles. The zero-order chi connectivity index (χ0) is 13.3. The fraction of sp³-hybridized carbons (Fsp3) is 0.500. The molecule has 0 aliphatic carbocycles. The monoisotopic (exact) mass is 241 g/mol. The summed E-state index contributed by atoms with van der Waals surface area (Å²) in [5.41, 5.74) is -0.186. The van der Waals surface area contributed by atoms with Crippen molar-refractivity contribution in [3.05, 3.63) is 11.8 Å². The predicted molar refractivity (Wildman–Crippen MR) is 58.8 cm³/mol. The summed E-state index contributed by atoms with van der Waals surface area (Å²) < 4.78 is 4.72. The van der Waals surface area contributed by atoms with Gasteiger partial charge in [-0.15, -0.1) is 0 Å². The quantitative estimate of drug-likeness (QED) is 0.306. The Morgan fingerprint density at radius 2 is 2.24 bits per heavy atom. The Hall–Kier alpha value is -2.07. The van der Waals surface area contributed by atoms with Gasteiger partial charge in [0.05, 0.1) is 6.61 Å². The lowest BCUT2D eigenvalue weighted by Crippen LogP contribution is -2.32. The molecule has 0 aromatic rings. The SMILES string of the molecule is COCCNC(=O)/C(C#N)=C\NC(C)C(=O)O. The van der Waals surface area contributed by atoms with E-state index in [1.807, 2.05) is 0 Å². The predicted octanol–water partition coefficient (Wildman–Crippen LogP) is -0.781. The molecule has 0 aliphatic heterocycles. The van der Waals surface area contributed by atoms with Gasteiger partial charge >= 0.3 is 5.97 Å². The summed E-state index contributed by atoms with van der Waals surface area (Å²) in [6.45, 7) is 2.02. The van der Waals surface area contributed by atoms with Crippen LogP contribution < -0.4 is 10.6 Å². The number of aliphatic carboxylic acids is 1. The number of carbonyl (C=O) groups excluding carboxylic acids is 1. The fourth-order valence-corrected chi connectivity index (χ4v) is 0.790. The van der Waals surface area contributed by atoms with Crippen LogP contribution in [0.3, 0.4) is 0 Å². The van der Waals surface area contributed by atoms with E-state index in [2.05, 4.69) is 10.6 Å². The normalized spacial score (nSPS) is 12.4. The number of carbonyl (C=O) groups is 2. The van der Waals surface area contributed by atoms with Crippen LogP contribution in [-0.2, 0) is 14.3 Å². The molecular formula is C10H15N3O4. The van der Waals surface area contributed by atoms with Gasteiger partial charge in [0, 0.05) is 19.9 Å². The number of nitrogens with one attached hydrogen (secondary N) is 2. The van der Waals surface area contributed by atoms with E-state index >= 15 is 0 Å². The third kappa shape index (κ3) is 6.17. The van der Waals surface area contributed by atoms with E-state index < -0.39 is 17.9 Å². The van der Waals surface area contributed by atoms with Gasteiger partial charge in [-0.1, -0.05) is 0 Å². The smallest absolute Gasteiger partial charge is 0.325 e. The number of methoxy groups -OCH3 is 1. The maximum atomic E-state index is 11.4. The highest BCUT2D eigenvalue weighted by Gasteiger charge is 2.11. The van der Waals surface area contributed by atoms with Gasteiger partial charge in [-0.2, -0.15) is 5.26 Å². The molecule has 1 amide bonds. The number of hydrogen-bond acceptors (Lipinski definition) is 5. The number of nitrogens with zero attached hydrogens (tertiary/aromatic N) is 1. The molecule has 0 fully saturated rings. The summed E-state index contributed by atoms with van der Waals surface area (Å²) in [6, 6.07) is 0.806. The minimum absolute atomic E-state index is 0.186. The van der Waals surface area contributed by atoms with Crippen molar-refractivity contribution in [3.63, 3.8) is 0 Å². The number of amides is 1. The topological polar surface area (TPSA) is 111 Å². The van der Waals surface area contributed by atoms with Crippen molar-refractivity contribution in [2.45, 2.75) is 13.0 Å². The molecule has 17 heavy (non-hydrogen) atoms. The number of ether oxygens (including phenoxy) is 1. The zero-order valence-electron chi connectivity index (χ0n) is 9.69. The lowest BCUT2D eigenvalue weighted by molar-refractivity contribution is -0.138. The molecule has 0 radical (unpaired) electrons. The molecule has 1 unspecified atom stereocenters. The Kier molecular flexibility index (Phi) is 7.14. The third-order valence-corrected chi connectivity index (χ3v) is 1.80. The van der Waals surface area contributed by atoms with Crippen LogP contribution in [0.1, 0.15) is 6.92 Å². The number of hydrogen-bond donors (Lipinski definition) is 3. The Morgan fingerprint density at radius 1 is 1.59 bits per heavy atom. The highest BCUT2D eigenvalue weighted by molar-refractivity contribution is 5.97. The van der Waals surface area contributed by atoms with Gasteiger partial charge in [0.25, 0.3) is 5.91 Å². The number of nitriles is 1. The summed E-state index contributed by atoms with van der Waals surface area (Å²) in [7, 11) is 1.49. The summed E-state index contributed by atoms with van der Waals surface area (Å²) in [5.74, 6) is -1.65. The maximum absolute atomic E-state index is 11.4. The molecule has 3 N–H and O–H groups in total. The first-order valence-electron chi connectivity index (χ1n) is 4.89. The average molecular weight is 241 g/mol. The second kappa shape index (κ2) is 8.13. The number of carboxylic acids is 1. The molecular weight excluding hydrogens is 226 g/mol. The zero-order valence-corrected chi connectivity index (χ0v) is 9.69. The highest BCUT2D eigenvalue weighted by Crippen LogP contribution is 1.91. The molecule has 0 heterocycles. The Balaban J connectivity index is 4.31. The fourth-order valence-electron chi connectivity index (χ4n) is 0.790. The molecule has 7 heteroatoms. The lowest BCUT2D eigenvalue weighted by Gasteiger charge is -2.07. The van der Waals surface area contributed by atoms with Gasteiger partial charge in [0.2, 0.25) is 0 Å². The minimum Gasteiger partial charge on any atom is -0.480 e. The van der Waals surface area contributed by atoms with Crippen molar-refractivity contribution in [1.82, 2.24) is 10.6 Å². The van der Waals surface area contributed by atoms with Gasteiger partial charge in [-0.25, -0.2) is 0 Å². The molecule has 0 rings (SSSR count). The molecule has 7 nitrogen and oxygen atoms in total. The average Bonchev–Trinajstić information content (AvgIpc) is 2.29. The number of rotatable bonds is 7. The second-order valence-corrected chi connectivity index (χ2v) is 3.15. The first-order valence-corrected chi connectivity index (χ1v) is 4.89. The van der Waals surface area contributed by atoms with E-state index in [0.29, 0.717) is 6.61 Å². The molecule has 0 bridgehead atoms. The van der Waals surface area contributed by atoms with Crippen molar-refractivity contribution in [3.8, 4) is 6.07 Å². The van der Waals surface area contributed by atoms with Crippen LogP contribution in [-0.4, -0.2) is 43.3 Å². The van der Waals surface area contributed by atoms with Crippen LogP contribution in [0.25, 0.3) is 0 Å². The van der Waals surface area contributed by atoms with Crippen molar-refractivity contribution in [2.24, 2.45) is 0 Å². The molecule has 0 saturated carbocycles. The summed E-state index contributed by atoms with van der Waals surface area (Å²) in [4.78, 5) is 21.9. The van der Waals surface area contributed by atoms with Crippen molar-refractivity contribution in [1.29, 1.82) is 5.26 Å². The van der Waals surface area contributed by atoms with E-state index in [-0.39, 0.29) is 12.1 Å². The lowest BCUT2D eigenvalue weighted by atomic mass is 10.3. The van der Waals surface area contributed by atoms with E-state index in [1.54, 1.807) is 6.07 Å². The van der Waals surface area contributed by atoms with Gasteiger partial charge in [0.1, 0.15) is 17.7 Å². The largest absolute Gasteiger partial charge is 0.480 e. The Labute approximate surface area is 99.1 Å². The van der Waals surface area contributed by atoms with E-state index in [1.165, 1.54) is 14.0 Å². The summed E-state index contributed by atoms with van der Waals surface area (Å²) >= 11 is 0. The molecule has 94 valence electrons. The van der Waals surface area contributed by atoms with Gasteiger partial charge < -0.3 is 20.5 Å². The number of carboxylic acid groups (broad SMARTS) is 1. The van der Waals surface area contributed by atoms with Crippen molar-refractivity contribution in [2.75, 3.05) is 20.3 Å². The van der Waals surface area contributed by atoms with Crippen molar-refractivity contribution < 1.29 is 19.4 Å². The van der Waals surface area contributed by atoms with Crippen LogP contribution >= 0.6 is 0 Å². The van der Waals surface area contributed by atoms with Crippen LogP contribution in [0.2, 0.25) is 0 Å². The molecule has 0 saturated heterocycles. The molecule has 0 aliphatic rings.